The molecule has 0 radical (unpaired) electrons. The van der Waals surface area contributed by atoms with Gasteiger partial charge in [0.15, 0.2) is 5.16 Å². The third-order valence-electron chi connectivity index (χ3n) is 2.76. The second-order valence-electron chi connectivity index (χ2n) is 4.07. The van der Waals surface area contributed by atoms with Crippen molar-refractivity contribution >= 4 is 28.5 Å². The van der Waals surface area contributed by atoms with E-state index in [4.69, 9.17) is 10.5 Å². The van der Waals surface area contributed by atoms with Gasteiger partial charge >= 0.3 is 0 Å². The van der Waals surface area contributed by atoms with Gasteiger partial charge in [-0.2, -0.15) is 0 Å². The van der Waals surface area contributed by atoms with Gasteiger partial charge in [-0.25, -0.2) is 4.98 Å². The first-order valence-corrected chi connectivity index (χ1v) is 6.64. The van der Waals surface area contributed by atoms with Gasteiger partial charge in [-0.1, -0.05) is 12.1 Å². The van der Waals surface area contributed by atoms with E-state index in [1.807, 2.05) is 42.5 Å². The molecule has 3 aromatic rings. The summed E-state index contributed by atoms with van der Waals surface area (Å²) in [7, 11) is 1.67. The first kappa shape index (κ1) is 11.9. The SMILES string of the molecule is COc1ccccc1Sc1nc2ccc(N)cc2[nH]1. The van der Waals surface area contributed by atoms with Crippen molar-refractivity contribution in [3.05, 3.63) is 42.5 Å². The molecular weight excluding hydrogens is 258 g/mol. The van der Waals surface area contributed by atoms with Crippen LogP contribution in [0.2, 0.25) is 0 Å². The van der Waals surface area contributed by atoms with Crippen molar-refractivity contribution in [1.29, 1.82) is 0 Å². The molecule has 0 atom stereocenters. The number of imidazole rings is 1. The van der Waals surface area contributed by atoms with Crippen molar-refractivity contribution in [3.8, 4) is 5.75 Å². The van der Waals surface area contributed by atoms with Crippen LogP contribution in [-0.4, -0.2) is 17.1 Å². The second kappa shape index (κ2) is 4.85. The van der Waals surface area contributed by atoms with Gasteiger partial charge in [-0.05, 0) is 42.1 Å². The van der Waals surface area contributed by atoms with Gasteiger partial charge in [0.25, 0.3) is 0 Å². The summed E-state index contributed by atoms with van der Waals surface area (Å²) in [4.78, 5) is 8.80. The number of aromatic nitrogens is 2. The third-order valence-corrected chi connectivity index (χ3v) is 3.70. The zero-order chi connectivity index (χ0) is 13.2. The number of benzene rings is 2. The predicted molar refractivity (Wildman–Crippen MR) is 77.6 cm³/mol. The Morgan fingerprint density at radius 2 is 2.05 bits per heavy atom. The van der Waals surface area contributed by atoms with E-state index >= 15 is 0 Å². The van der Waals surface area contributed by atoms with Gasteiger partial charge in [0.05, 0.1) is 23.0 Å². The number of nitrogen functional groups attached to an aromatic ring is 1. The van der Waals surface area contributed by atoms with E-state index in [-0.39, 0.29) is 0 Å². The summed E-state index contributed by atoms with van der Waals surface area (Å²) < 4.78 is 5.33. The van der Waals surface area contributed by atoms with E-state index < -0.39 is 0 Å². The quantitative estimate of drug-likeness (QED) is 0.717. The summed E-state index contributed by atoms with van der Waals surface area (Å²) in [6.45, 7) is 0. The van der Waals surface area contributed by atoms with Gasteiger partial charge in [0, 0.05) is 5.69 Å². The molecule has 96 valence electrons. The van der Waals surface area contributed by atoms with E-state index in [9.17, 15) is 0 Å². The lowest BCUT2D eigenvalue weighted by molar-refractivity contribution is 0.405. The lowest BCUT2D eigenvalue weighted by Crippen LogP contribution is -1.85. The van der Waals surface area contributed by atoms with Crippen LogP contribution in [0.1, 0.15) is 0 Å². The molecule has 4 nitrogen and oxygen atoms in total. The molecule has 1 heterocycles. The number of hydrogen-bond donors (Lipinski definition) is 2. The van der Waals surface area contributed by atoms with Crippen molar-refractivity contribution in [2.45, 2.75) is 10.1 Å². The lowest BCUT2D eigenvalue weighted by atomic mass is 10.3. The maximum Gasteiger partial charge on any atom is 0.171 e. The van der Waals surface area contributed by atoms with Crippen LogP contribution in [0.4, 0.5) is 5.69 Å². The van der Waals surface area contributed by atoms with E-state index in [0.717, 1.165) is 32.5 Å². The Morgan fingerprint density at radius 3 is 2.89 bits per heavy atom. The average molecular weight is 271 g/mol. The van der Waals surface area contributed by atoms with Crippen LogP contribution in [0.15, 0.2) is 52.5 Å². The zero-order valence-corrected chi connectivity index (χ0v) is 11.2. The van der Waals surface area contributed by atoms with E-state index in [1.54, 1.807) is 7.11 Å². The van der Waals surface area contributed by atoms with Crippen molar-refractivity contribution in [2.75, 3.05) is 12.8 Å². The molecule has 0 aliphatic heterocycles. The molecule has 0 aliphatic carbocycles. The maximum atomic E-state index is 5.76. The predicted octanol–water partition coefficient (Wildman–Crippen LogP) is 3.30. The van der Waals surface area contributed by atoms with Crippen LogP contribution in [0.3, 0.4) is 0 Å². The molecule has 1 aromatic heterocycles. The van der Waals surface area contributed by atoms with Crippen LogP contribution >= 0.6 is 11.8 Å². The van der Waals surface area contributed by atoms with Crippen LogP contribution in [0.25, 0.3) is 11.0 Å². The number of aromatic amines is 1. The second-order valence-corrected chi connectivity index (χ2v) is 5.10. The molecule has 5 heteroatoms. The molecule has 0 bridgehead atoms. The van der Waals surface area contributed by atoms with Gasteiger partial charge < -0.3 is 15.5 Å². The number of nitrogens with two attached hydrogens (primary N) is 1. The molecule has 0 amide bonds. The van der Waals surface area contributed by atoms with Gasteiger partial charge in [-0.15, -0.1) is 0 Å². The van der Waals surface area contributed by atoms with Crippen LogP contribution in [-0.2, 0) is 0 Å². The highest BCUT2D eigenvalue weighted by Crippen LogP contribution is 2.34. The number of anilines is 1. The summed E-state index contributed by atoms with van der Waals surface area (Å²) in [5, 5.41) is 0.824. The number of H-pyrrole nitrogens is 1. The Morgan fingerprint density at radius 1 is 1.21 bits per heavy atom. The third kappa shape index (κ3) is 2.37. The maximum absolute atomic E-state index is 5.76. The summed E-state index contributed by atoms with van der Waals surface area (Å²) >= 11 is 1.54. The van der Waals surface area contributed by atoms with Gasteiger partial charge in [-0.3, -0.25) is 0 Å². The molecule has 0 spiro atoms. The smallest absolute Gasteiger partial charge is 0.171 e. The highest BCUT2D eigenvalue weighted by molar-refractivity contribution is 7.99. The van der Waals surface area contributed by atoms with Crippen molar-refractivity contribution in [3.63, 3.8) is 0 Å². The first-order chi connectivity index (χ1) is 9.26. The Bertz CT molecular complexity index is 724. The molecule has 0 fully saturated rings. The minimum absolute atomic E-state index is 0.727. The molecule has 0 aliphatic rings. The summed E-state index contributed by atoms with van der Waals surface area (Å²) in [6.07, 6.45) is 0. The highest BCUT2D eigenvalue weighted by Gasteiger charge is 2.08. The largest absolute Gasteiger partial charge is 0.496 e. The Labute approximate surface area is 115 Å². The number of rotatable bonds is 3. The monoisotopic (exact) mass is 271 g/mol. The average Bonchev–Trinajstić information content (AvgIpc) is 2.80. The minimum atomic E-state index is 0.727. The fourth-order valence-electron chi connectivity index (χ4n) is 1.86. The summed E-state index contributed by atoms with van der Waals surface area (Å²) in [5.74, 6) is 0.840. The van der Waals surface area contributed by atoms with Gasteiger partial charge in [0.2, 0.25) is 0 Å². The molecule has 19 heavy (non-hydrogen) atoms. The van der Waals surface area contributed by atoms with Crippen molar-refractivity contribution in [1.82, 2.24) is 9.97 Å². The highest BCUT2D eigenvalue weighted by atomic mass is 32.2. The number of nitrogens with zero attached hydrogens (tertiary/aromatic N) is 1. The number of methoxy groups -OCH3 is 1. The summed E-state index contributed by atoms with van der Waals surface area (Å²) in [6, 6.07) is 13.5. The fraction of sp³-hybridized carbons (Fsp3) is 0.0714. The van der Waals surface area contributed by atoms with E-state index in [0.29, 0.717) is 0 Å². The standard InChI is InChI=1S/C14H13N3OS/c1-18-12-4-2-3-5-13(12)19-14-16-10-7-6-9(15)8-11(10)17-14/h2-8H,15H2,1H3,(H,16,17). The molecule has 0 unspecified atom stereocenters. The summed E-state index contributed by atoms with van der Waals surface area (Å²) in [5.41, 5.74) is 8.33. The number of para-hydroxylation sites is 1. The van der Waals surface area contributed by atoms with E-state index in [1.165, 1.54) is 11.8 Å². The van der Waals surface area contributed by atoms with Gasteiger partial charge in [0.1, 0.15) is 5.75 Å². The first-order valence-electron chi connectivity index (χ1n) is 5.82. The number of nitrogens with one attached hydrogen (secondary N) is 1. The molecular formula is C14H13N3OS. The Hall–Kier alpha value is -2.14. The fourth-order valence-corrected chi connectivity index (χ4v) is 2.77. The molecule has 2 aromatic carbocycles. The number of ether oxygens (including phenoxy) is 1. The van der Waals surface area contributed by atoms with Crippen molar-refractivity contribution < 1.29 is 4.74 Å². The molecule has 0 saturated carbocycles. The lowest BCUT2D eigenvalue weighted by Gasteiger charge is -2.05. The van der Waals surface area contributed by atoms with Crippen LogP contribution in [0, 0.1) is 0 Å². The number of hydrogen-bond acceptors (Lipinski definition) is 4. The zero-order valence-electron chi connectivity index (χ0n) is 10.4. The van der Waals surface area contributed by atoms with Crippen LogP contribution in [0.5, 0.6) is 5.75 Å². The topological polar surface area (TPSA) is 63.9 Å². The minimum Gasteiger partial charge on any atom is -0.496 e. The molecule has 0 saturated heterocycles. The number of fused-ring (bicyclic) bond motifs is 1. The van der Waals surface area contributed by atoms with Crippen molar-refractivity contribution in [2.24, 2.45) is 0 Å². The van der Waals surface area contributed by atoms with Crippen LogP contribution < -0.4 is 10.5 Å². The van der Waals surface area contributed by atoms with E-state index in [2.05, 4.69) is 9.97 Å². The molecule has 3 rings (SSSR count). The Kier molecular flexibility index (Phi) is 3.05. The molecule has 3 N–H and O–H groups in total. The normalized spacial score (nSPS) is 10.8. The Balaban J connectivity index is 1.96.